The molecule has 1 amide bonds. The third-order valence-electron chi connectivity index (χ3n) is 3.77. The molecular weight excluding hydrogens is 354 g/mol. The van der Waals surface area contributed by atoms with E-state index in [4.69, 9.17) is 4.74 Å². The number of amides is 1. The number of nitrogens with zero attached hydrogens (tertiary/aromatic N) is 1. The van der Waals surface area contributed by atoms with E-state index in [9.17, 15) is 19.8 Å². The lowest BCUT2D eigenvalue weighted by Gasteiger charge is -2.21. The Balaban J connectivity index is 1.99. The Morgan fingerprint density at radius 2 is 2.00 bits per heavy atom. The molecule has 0 aliphatic heterocycles. The molecule has 148 valence electrons. The van der Waals surface area contributed by atoms with Gasteiger partial charge >= 0.3 is 12.1 Å². The lowest BCUT2D eigenvalue weighted by Crippen LogP contribution is -2.34. The summed E-state index contributed by atoms with van der Waals surface area (Å²) < 4.78 is 9.76. The summed E-state index contributed by atoms with van der Waals surface area (Å²) in [6.45, 7) is 5.38. The molecule has 0 saturated carbocycles. The maximum Gasteiger partial charge on any atom is 0.407 e. The topological polar surface area (TPSA) is 134 Å². The molecule has 0 aliphatic carbocycles. The molecule has 2 unspecified atom stereocenters. The molecule has 0 fully saturated rings. The van der Waals surface area contributed by atoms with Gasteiger partial charge in [0.05, 0.1) is 30.0 Å². The molecule has 1 aromatic carbocycles. The van der Waals surface area contributed by atoms with Crippen LogP contribution in [0, 0.1) is 0 Å². The van der Waals surface area contributed by atoms with Crippen LogP contribution < -0.4 is 5.32 Å². The van der Waals surface area contributed by atoms with Crippen molar-refractivity contribution < 1.29 is 29.3 Å². The van der Waals surface area contributed by atoms with Crippen molar-refractivity contribution in [1.82, 2.24) is 15.5 Å². The molecule has 0 bridgehead atoms. The van der Waals surface area contributed by atoms with Gasteiger partial charge in [0.15, 0.2) is 0 Å². The highest BCUT2D eigenvalue weighted by molar-refractivity contribution is 5.94. The number of aromatic nitrogens is 2. The van der Waals surface area contributed by atoms with Gasteiger partial charge in [0.25, 0.3) is 0 Å². The molecule has 0 aliphatic rings. The minimum absolute atomic E-state index is 0.112. The number of nitrogens with one attached hydrogen (secondary N) is 2. The summed E-state index contributed by atoms with van der Waals surface area (Å²) in [5.74, 6) is -0.491. The van der Waals surface area contributed by atoms with Crippen molar-refractivity contribution >= 4 is 23.0 Å². The number of aromatic amines is 1. The second kappa shape index (κ2) is 8.36. The van der Waals surface area contributed by atoms with Crippen LogP contribution in [0.3, 0.4) is 0 Å². The number of benzene rings is 1. The van der Waals surface area contributed by atoms with Crippen LogP contribution in [0.25, 0.3) is 10.9 Å². The number of aliphatic hydroxyl groups excluding tert-OH is 2. The Labute approximate surface area is 156 Å². The summed E-state index contributed by atoms with van der Waals surface area (Å²) in [4.78, 5) is 23.2. The largest absolute Gasteiger partial charge is 0.465 e. The highest BCUT2D eigenvalue weighted by Crippen LogP contribution is 2.26. The number of carbonyl (C=O) groups is 2. The molecule has 9 nitrogen and oxygen atoms in total. The van der Waals surface area contributed by atoms with Crippen LogP contribution in [0.4, 0.5) is 4.79 Å². The molecule has 9 heteroatoms. The SMILES string of the molecule is COC(=O)c1ccc2c(C(O)C(O)CCNC(=O)OC(C)(C)C)[nH]nc2c1. The number of esters is 1. The monoisotopic (exact) mass is 379 g/mol. The van der Waals surface area contributed by atoms with E-state index in [2.05, 4.69) is 20.3 Å². The van der Waals surface area contributed by atoms with E-state index in [1.54, 1.807) is 32.9 Å². The van der Waals surface area contributed by atoms with Gasteiger partial charge in [0.1, 0.15) is 11.7 Å². The predicted octanol–water partition coefficient (Wildman–Crippen LogP) is 1.66. The van der Waals surface area contributed by atoms with Crippen LogP contribution >= 0.6 is 0 Å². The summed E-state index contributed by atoms with van der Waals surface area (Å²) in [6.07, 6.45) is -2.85. The second-order valence-electron chi connectivity index (χ2n) is 7.09. The third kappa shape index (κ3) is 5.41. The summed E-state index contributed by atoms with van der Waals surface area (Å²) in [7, 11) is 1.29. The zero-order valence-corrected chi connectivity index (χ0v) is 15.8. The fourth-order valence-electron chi connectivity index (χ4n) is 2.49. The fraction of sp³-hybridized carbons (Fsp3) is 0.500. The Morgan fingerprint density at radius 1 is 1.30 bits per heavy atom. The molecule has 1 heterocycles. The number of fused-ring (bicyclic) bond motifs is 1. The molecule has 4 N–H and O–H groups in total. The minimum atomic E-state index is -1.24. The first-order valence-corrected chi connectivity index (χ1v) is 8.51. The van der Waals surface area contributed by atoms with Gasteiger partial charge in [-0.15, -0.1) is 0 Å². The number of hydrogen-bond donors (Lipinski definition) is 4. The standard InChI is InChI=1S/C18H25N3O6/c1-18(2,3)27-17(25)19-8-7-13(22)15(23)14-11-6-5-10(16(24)26-4)9-12(11)20-21-14/h5-6,9,13,15,22-23H,7-8H2,1-4H3,(H,19,25)(H,20,21). The summed E-state index contributed by atoms with van der Waals surface area (Å²) in [5, 5.41) is 30.4. The molecule has 2 atom stereocenters. The Kier molecular flexibility index (Phi) is 6.40. The van der Waals surface area contributed by atoms with Crippen molar-refractivity contribution in [1.29, 1.82) is 0 Å². The molecule has 0 radical (unpaired) electrons. The predicted molar refractivity (Wildman–Crippen MR) is 97.3 cm³/mol. The van der Waals surface area contributed by atoms with Crippen LogP contribution in [0.1, 0.15) is 49.3 Å². The molecular formula is C18H25N3O6. The lowest BCUT2D eigenvalue weighted by molar-refractivity contribution is 0.0107. The van der Waals surface area contributed by atoms with Gasteiger partial charge in [-0.05, 0) is 45.4 Å². The minimum Gasteiger partial charge on any atom is -0.465 e. The van der Waals surface area contributed by atoms with Crippen LogP contribution in [0.15, 0.2) is 18.2 Å². The Hall–Kier alpha value is -2.65. The van der Waals surface area contributed by atoms with Crippen molar-refractivity contribution in [3.8, 4) is 0 Å². The van der Waals surface area contributed by atoms with Gasteiger partial charge in [-0.2, -0.15) is 5.10 Å². The maximum atomic E-state index is 11.6. The molecule has 0 saturated heterocycles. The molecule has 2 rings (SSSR count). The third-order valence-corrected chi connectivity index (χ3v) is 3.77. The van der Waals surface area contributed by atoms with E-state index in [0.717, 1.165) is 0 Å². The molecule has 1 aromatic heterocycles. The number of alkyl carbamates (subject to hydrolysis) is 1. The first-order valence-electron chi connectivity index (χ1n) is 8.51. The van der Waals surface area contributed by atoms with E-state index < -0.39 is 29.9 Å². The number of rotatable bonds is 6. The Morgan fingerprint density at radius 3 is 2.63 bits per heavy atom. The average molecular weight is 379 g/mol. The summed E-state index contributed by atoms with van der Waals surface area (Å²) >= 11 is 0. The number of hydrogen-bond acceptors (Lipinski definition) is 7. The van der Waals surface area contributed by atoms with Gasteiger partial charge in [0.2, 0.25) is 0 Å². The van der Waals surface area contributed by atoms with E-state index >= 15 is 0 Å². The van der Waals surface area contributed by atoms with Crippen LogP contribution in [-0.2, 0) is 9.47 Å². The smallest absolute Gasteiger partial charge is 0.407 e. The fourth-order valence-corrected chi connectivity index (χ4v) is 2.49. The van der Waals surface area contributed by atoms with Crippen LogP contribution in [0.5, 0.6) is 0 Å². The normalized spacial score (nSPS) is 13.9. The van der Waals surface area contributed by atoms with E-state index in [-0.39, 0.29) is 13.0 Å². The number of H-pyrrole nitrogens is 1. The van der Waals surface area contributed by atoms with Gasteiger partial charge < -0.3 is 25.0 Å². The summed E-state index contributed by atoms with van der Waals surface area (Å²) in [6, 6.07) is 4.70. The number of methoxy groups -OCH3 is 1. The first-order chi connectivity index (χ1) is 12.6. The van der Waals surface area contributed by atoms with Crippen molar-refractivity contribution in [3.05, 3.63) is 29.5 Å². The molecule has 27 heavy (non-hydrogen) atoms. The van der Waals surface area contributed by atoms with Gasteiger partial charge in [-0.3, -0.25) is 5.10 Å². The second-order valence-corrected chi connectivity index (χ2v) is 7.09. The molecule has 2 aromatic rings. The summed E-state index contributed by atoms with van der Waals surface area (Å²) in [5.41, 5.74) is 0.511. The van der Waals surface area contributed by atoms with Crippen molar-refractivity contribution in [3.63, 3.8) is 0 Å². The number of ether oxygens (including phenoxy) is 2. The Bertz CT molecular complexity index is 811. The highest BCUT2D eigenvalue weighted by atomic mass is 16.6. The van der Waals surface area contributed by atoms with Crippen LogP contribution in [-0.4, -0.2) is 57.8 Å². The average Bonchev–Trinajstić information content (AvgIpc) is 3.01. The molecule has 0 spiro atoms. The van der Waals surface area contributed by atoms with E-state index in [1.807, 2.05) is 0 Å². The number of carbonyl (C=O) groups excluding carboxylic acids is 2. The highest BCUT2D eigenvalue weighted by Gasteiger charge is 2.23. The maximum absolute atomic E-state index is 11.6. The van der Waals surface area contributed by atoms with E-state index in [0.29, 0.717) is 22.2 Å². The van der Waals surface area contributed by atoms with Crippen molar-refractivity contribution in [2.24, 2.45) is 0 Å². The van der Waals surface area contributed by atoms with E-state index in [1.165, 1.54) is 13.2 Å². The zero-order valence-electron chi connectivity index (χ0n) is 15.8. The number of aliphatic hydroxyl groups is 2. The van der Waals surface area contributed by atoms with Gasteiger partial charge in [-0.25, -0.2) is 9.59 Å². The first kappa shape index (κ1) is 20.7. The zero-order chi connectivity index (χ0) is 20.2. The quantitative estimate of drug-likeness (QED) is 0.561. The van der Waals surface area contributed by atoms with Crippen molar-refractivity contribution in [2.75, 3.05) is 13.7 Å². The van der Waals surface area contributed by atoms with Crippen LogP contribution in [0.2, 0.25) is 0 Å². The van der Waals surface area contributed by atoms with Crippen molar-refractivity contribution in [2.45, 2.75) is 45.0 Å². The van der Waals surface area contributed by atoms with Gasteiger partial charge in [-0.1, -0.05) is 0 Å². The van der Waals surface area contributed by atoms with Gasteiger partial charge in [0, 0.05) is 11.9 Å². The lowest BCUT2D eigenvalue weighted by atomic mass is 10.0.